The smallest absolute Gasteiger partial charge is 0.270 e. The second-order valence-corrected chi connectivity index (χ2v) is 6.94. The Bertz CT molecular complexity index is 923. The van der Waals surface area contributed by atoms with E-state index in [9.17, 15) is 19.7 Å². The third-order valence-corrected chi connectivity index (χ3v) is 4.80. The van der Waals surface area contributed by atoms with Crippen molar-refractivity contribution in [1.82, 2.24) is 5.32 Å². The molecule has 0 spiro atoms. The van der Waals surface area contributed by atoms with Crippen molar-refractivity contribution in [3.05, 3.63) is 63.7 Å². The van der Waals surface area contributed by atoms with Crippen molar-refractivity contribution in [2.24, 2.45) is 0 Å². The normalized spacial score (nSPS) is 13.2. The zero-order valence-electron chi connectivity index (χ0n) is 16.3. The van der Waals surface area contributed by atoms with Gasteiger partial charge in [0.1, 0.15) is 0 Å². The van der Waals surface area contributed by atoms with E-state index in [4.69, 9.17) is 0 Å². The van der Waals surface area contributed by atoms with E-state index in [0.29, 0.717) is 17.8 Å². The largest absolute Gasteiger partial charge is 0.371 e. The Kier molecular flexibility index (Phi) is 6.43. The minimum atomic E-state index is -0.544. The number of nitro groups is 1. The molecule has 3 rings (SSSR count). The van der Waals surface area contributed by atoms with Crippen molar-refractivity contribution in [3.8, 4) is 0 Å². The molecular weight excluding hydrogens is 372 g/mol. The number of amides is 2. The molecule has 1 fully saturated rings. The van der Waals surface area contributed by atoms with Gasteiger partial charge in [0.05, 0.1) is 10.5 Å². The summed E-state index contributed by atoms with van der Waals surface area (Å²) in [5.74, 6) is -0.650. The number of rotatable bonds is 7. The highest BCUT2D eigenvalue weighted by atomic mass is 16.6. The van der Waals surface area contributed by atoms with Crippen molar-refractivity contribution in [2.45, 2.75) is 26.2 Å². The molecule has 1 heterocycles. The molecule has 152 valence electrons. The molecule has 1 aliphatic rings. The molecule has 8 heteroatoms. The van der Waals surface area contributed by atoms with Crippen LogP contribution in [0.4, 0.5) is 17.1 Å². The van der Waals surface area contributed by atoms with E-state index in [-0.39, 0.29) is 17.2 Å². The van der Waals surface area contributed by atoms with Gasteiger partial charge < -0.3 is 15.5 Å². The van der Waals surface area contributed by atoms with Crippen molar-refractivity contribution >= 4 is 28.9 Å². The first-order valence-electron chi connectivity index (χ1n) is 9.72. The van der Waals surface area contributed by atoms with Crippen LogP contribution >= 0.6 is 0 Å². The summed E-state index contributed by atoms with van der Waals surface area (Å²) in [7, 11) is 0. The predicted molar refractivity (Wildman–Crippen MR) is 112 cm³/mol. The quantitative estimate of drug-likeness (QED) is 0.550. The number of non-ortho nitro benzene ring substituents is 1. The van der Waals surface area contributed by atoms with Gasteiger partial charge in [-0.05, 0) is 43.5 Å². The molecule has 29 heavy (non-hydrogen) atoms. The van der Waals surface area contributed by atoms with Crippen LogP contribution in [0.2, 0.25) is 0 Å². The van der Waals surface area contributed by atoms with E-state index in [1.54, 1.807) is 12.1 Å². The second-order valence-electron chi connectivity index (χ2n) is 6.94. The molecule has 0 atom stereocenters. The zero-order chi connectivity index (χ0) is 20.8. The van der Waals surface area contributed by atoms with E-state index in [1.807, 2.05) is 13.0 Å². The summed E-state index contributed by atoms with van der Waals surface area (Å²) in [6.45, 7) is 4.35. The highest BCUT2D eigenvalue weighted by molar-refractivity contribution is 6.06. The zero-order valence-corrected chi connectivity index (χ0v) is 16.3. The fraction of sp³-hybridized carbons (Fsp3) is 0.333. The maximum Gasteiger partial charge on any atom is 0.270 e. The van der Waals surface area contributed by atoms with E-state index in [0.717, 1.165) is 38.0 Å². The van der Waals surface area contributed by atoms with Gasteiger partial charge in [-0.15, -0.1) is 0 Å². The lowest BCUT2D eigenvalue weighted by Gasteiger charge is -2.22. The first-order valence-corrected chi connectivity index (χ1v) is 9.72. The first-order chi connectivity index (χ1) is 14.0. The standard InChI is InChI=1S/C21H24N4O4/c1-2-10-22-21(27)18-14-16(8-9-19(18)24-11-3-4-12-24)23-20(26)15-6-5-7-17(13-15)25(28)29/h5-9,13-14H,2-4,10-12H2,1H3,(H,22,27)(H,23,26). The molecule has 2 aromatic carbocycles. The number of anilines is 2. The van der Waals surface area contributed by atoms with Crippen LogP contribution in [0.1, 0.15) is 46.9 Å². The van der Waals surface area contributed by atoms with Crippen LogP contribution in [0.5, 0.6) is 0 Å². The Morgan fingerprint density at radius 1 is 1.10 bits per heavy atom. The fourth-order valence-electron chi connectivity index (χ4n) is 3.33. The molecule has 1 aliphatic heterocycles. The molecular formula is C21H24N4O4. The molecule has 0 aliphatic carbocycles. The summed E-state index contributed by atoms with van der Waals surface area (Å²) in [5.41, 5.74) is 1.86. The Labute approximate surface area is 169 Å². The van der Waals surface area contributed by atoms with E-state index < -0.39 is 10.8 Å². The third-order valence-electron chi connectivity index (χ3n) is 4.80. The number of carbonyl (C=O) groups is 2. The average molecular weight is 396 g/mol. The molecule has 1 saturated heterocycles. The monoisotopic (exact) mass is 396 g/mol. The maximum absolute atomic E-state index is 12.7. The first kappa shape index (κ1) is 20.3. The highest BCUT2D eigenvalue weighted by Gasteiger charge is 2.20. The number of nitrogens with one attached hydrogen (secondary N) is 2. The lowest BCUT2D eigenvalue weighted by Crippen LogP contribution is -2.28. The Morgan fingerprint density at radius 3 is 2.55 bits per heavy atom. The van der Waals surface area contributed by atoms with Crippen LogP contribution in [-0.4, -0.2) is 36.4 Å². The Balaban J connectivity index is 1.85. The minimum Gasteiger partial charge on any atom is -0.371 e. The molecule has 0 unspecified atom stereocenters. The fourth-order valence-corrected chi connectivity index (χ4v) is 3.33. The predicted octanol–water partition coefficient (Wildman–Crippen LogP) is 3.59. The van der Waals surface area contributed by atoms with Gasteiger partial charge in [0.2, 0.25) is 0 Å². The molecule has 2 aromatic rings. The summed E-state index contributed by atoms with van der Waals surface area (Å²) in [5, 5.41) is 16.6. The SMILES string of the molecule is CCCNC(=O)c1cc(NC(=O)c2cccc([N+](=O)[O-])c2)ccc1N1CCCC1. The van der Waals surface area contributed by atoms with Crippen LogP contribution in [0.15, 0.2) is 42.5 Å². The third kappa shape index (κ3) is 4.90. The van der Waals surface area contributed by atoms with Gasteiger partial charge in [-0.1, -0.05) is 13.0 Å². The number of benzene rings is 2. The molecule has 0 radical (unpaired) electrons. The summed E-state index contributed by atoms with van der Waals surface area (Å²) in [4.78, 5) is 37.8. The number of nitrogens with zero attached hydrogens (tertiary/aromatic N) is 2. The maximum atomic E-state index is 12.7. The molecule has 2 amide bonds. The van der Waals surface area contributed by atoms with Gasteiger partial charge in [-0.25, -0.2) is 0 Å². The molecule has 0 aromatic heterocycles. The van der Waals surface area contributed by atoms with Gasteiger partial charge in [-0.2, -0.15) is 0 Å². The summed E-state index contributed by atoms with van der Waals surface area (Å²) in [6.07, 6.45) is 3.00. The topological polar surface area (TPSA) is 105 Å². The second kappa shape index (κ2) is 9.18. The summed E-state index contributed by atoms with van der Waals surface area (Å²) < 4.78 is 0. The van der Waals surface area contributed by atoms with Crippen molar-refractivity contribution in [3.63, 3.8) is 0 Å². The van der Waals surface area contributed by atoms with Gasteiger partial charge in [-0.3, -0.25) is 19.7 Å². The number of nitro benzene ring substituents is 1. The van der Waals surface area contributed by atoms with Crippen molar-refractivity contribution in [1.29, 1.82) is 0 Å². The molecule has 8 nitrogen and oxygen atoms in total. The van der Waals surface area contributed by atoms with Gasteiger partial charge in [0.15, 0.2) is 0 Å². The number of carbonyl (C=O) groups excluding carboxylic acids is 2. The summed E-state index contributed by atoms with van der Waals surface area (Å²) >= 11 is 0. The summed E-state index contributed by atoms with van der Waals surface area (Å²) in [6, 6.07) is 10.8. The van der Waals surface area contributed by atoms with Crippen LogP contribution in [0.25, 0.3) is 0 Å². The Morgan fingerprint density at radius 2 is 1.86 bits per heavy atom. The number of hydrogen-bond donors (Lipinski definition) is 2. The molecule has 2 N–H and O–H groups in total. The Hall–Kier alpha value is -3.42. The van der Waals surface area contributed by atoms with Crippen LogP contribution < -0.4 is 15.5 Å². The van der Waals surface area contributed by atoms with Crippen LogP contribution in [0, 0.1) is 10.1 Å². The van der Waals surface area contributed by atoms with Crippen LogP contribution in [-0.2, 0) is 0 Å². The number of hydrogen-bond acceptors (Lipinski definition) is 5. The molecule has 0 bridgehead atoms. The lowest BCUT2D eigenvalue weighted by molar-refractivity contribution is -0.384. The van der Waals surface area contributed by atoms with Crippen molar-refractivity contribution < 1.29 is 14.5 Å². The van der Waals surface area contributed by atoms with Gasteiger partial charge in [0, 0.05) is 48.7 Å². The highest BCUT2D eigenvalue weighted by Crippen LogP contribution is 2.28. The molecule has 0 saturated carbocycles. The average Bonchev–Trinajstić information content (AvgIpc) is 3.26. The van der Waals surface area contributed by atoms with Gasteiger partial charge in [0.25, 0.3) is 17.5 Å². The lowest BCUT2D eigenvalue weighted by atomic mass is 10.1. The van der Waals surface area contributed by atoms with E-state index in [2.05, 4.69) is 15.5 Å². The van der Waals surface area contributed by atoms with E-state index in [1.165, 1.54) is 24.3 Å². The van der Waals surface area contributed by atoms with Crippen molar-refractivity contribution in [2.75, 3.05) is 29.9 Å². The van der Waals surface area contributed by atoms with E-state index >= 15 is 0 Å². The van der Waals surface area contributed by atoms with Gasteiger partial charge >= 0.3 is 0 Å². The van der Waals surface area contributed by atoms with Crippen LogP contribution in [0.3, 0.4) is 0 Å². The minimum absolute atomic E-state index is 0.151.